The van der Waals surface area contributed by atoms with Gasteiger partial charge in [-0.3, -0.25) is 4.99 Å². The van der Waals surface area contributed by atoms with Gasteiger partial charge < -0.3 is 15.4 Å². The number of ether oxygens (including phenoxy) is 1. The maximum Gasteiger partial charge on any atom is 0.573 e. The first-order chi connectivity index (χ1) is 11.4. The summed E-state index contributed by atoms with van der Waals surface area (Å²) in [5.41, 5.74) is 0.378. The summed E-state index contributed by atoms with van der Waals surface area (Å²) in [4.78, 5) is 9.37. The highest BCUT2D eigenvalue weighted by atomic mass is 32.1. The molecule has 0 saturated heterocycles. The molecule has 5 nitrogen and oxygen atoms in total. The van der Waals surface area contributed by atoms with Crippen molar-refractivity contribution >= 4 is 17.3 Å². The SMILES string of the molecule is CN=C(NCc1ncc(C)s1)NCc1ccccc1OC(F)(F)F. The maximum atomic E-state index is 12.4. The summed E-state index contributed by atoms with van der Waals surface area (Å²) >= 11 is 1.56. The number of nitrogens with zero attached hydrogens (tertiary/aromatic N) is 2. The van der Waals surface area contributed by atoms with Gasteiger partial charge in [0.1, 0.15) is 10.8 Å². The summed E-state index contributed by atoms with van der Waals surface area (Å²) in [5, 5.41) is 6.92. The van der Waals surface area contributed by atoms with Gasteiger partial charge in [0.15, 0.2) is 5.96 Å². The minimum atomic E-state index is -4.72. The molecule has 0 bridgehead atoms. The van der Waals surface area contributed by atoms with Crippen LogP contribution in [0.5, 0.6) is 5.75 Å². The molecule has 0 unspecified atom stereocenters. The molecule has 0 radical (unpaired) electrons. The zero-order valence-corrected chi connectivity index (χ0v) is 14.0. The van der Waals surface area contributed by atoms with Crippen LogP contribution in [0.15, 0.2) is 35.5 Å². The molecule has 0 saturated carbocycles. The van der Waals surface area contributed by atoms with E-state index in [-0.39, 0.29) is 12.3 Å². The molecule has 1 aromatic heterocycles. The summed E-state index contributed by atoms with van der Waals surface area (Å²) < 4.78 is 41.3. The highest BCUT2D eigenvalue weighted by Crippen LogP contribution is 2.26. The van der Waals surface area contributed by atoms with Gasteiger partial charge in [-0.25, -0.2) is 4.98 Å². The smallest absolute Gasteiger partial charge is 0.405 e. The fraction of sp³-hybridized carbons (Fsp3) is 0.333. The van der Waals surface area contributed by atoms with Crippen molar-refractivity contribution in [1.29, 1.82) is 0 Å². The van der Waals surface area contributed by atoms with E-state index in [0.717, 1.165) is 9.88 Å². The first-order valence-corrected chi connectivity index (χ1v) is 7.88. The minimum Gasteiger partial charge on any atom is -0.405 e. The third-order valence-corrected chi connectivity index (χ3v) is 3.86. The zero-order valence-electron chi connectivity index (χ0n) is 13.1. The monoisotopic (exact) mass is 358 g/mol. The molecule has 2 rings (SSSR count). The number of halogens is 3. The number of alkyl halides is 3. The Hall–Kier alpha value is -2.29. The van der Waals surface area contributed by atoms with Gasteiger partial charge >= 0.3 is 6.36 Å². The highest BCUT2D eigenvalue weighted by Gasteiger charge is 2.31. The second kappa shape index (κ2) is 8.00. The number of thiazole rings is 1. The van der Waals surface area contributed by atoms with Crippen molar-refractivity contribution in [2.75, 3.05) is 7.05 Å². The topological polar surface area (TPSA) is 58.5 Å². The van der Waals surface area contributed by atoms with Crippen LogP contribution in [0, 0.1) is 6.92 Å². The third-order valence-electron chi connectivity index (χ3n) is 2.94. The number of benzene rings is 1. The molecular formula is C15H17F3N4OS. The summed E-state index contributed by atoms with van der Waals surface area (Å²) in [7, 11) is 1.58. The van der Waals surface area contributed by atoms with Crippen LogP contribution in [0.25, 0.3) is 0 Å². The molecule has 0 fully saturated rings. The average molecular weight is 358 g/mol. The lowest BCUT2D eigenvalue weighted by Crippen LogP contribution is -2.36. The lowest BCUT2D eigenvalue weighted by atomic mass is 10.2. The second-order valence-corrected chi connectivity index (χ2v) is 6.12. The van der Waals surface area contributed by atoms with Gasteiger partial charge in [-0.05, 0) is 13.0 Å². The quantitative estimate of drug-likeness (QED) is 0.637. The molecule has 0 aliphatic heterocycles. The van der Waals surface area contributed by atoms with Gasteiger partial charge in [0.05, 0.1) is 6.54 Å². The molecule has 0 aliphatic rings. The van der Waals surface area contributed by atoms with E-state index in [9.17, 15) is 13.2 Å². The van der Waals surface area contributed by atoms with Gasteiger partial charge in [0.2, 0.25) is 0 Å². The fourth-order valence-corrected chi connectivity index (χ4v) is 2.64. The van der Waals surface area contributed by atoms with Crippen molar-refractivity contribution in [3.8, 4) is 5.75 Å². The lowest BCUT2D eigenvalue weighted by molar-refractivity contribution is -0.274. The van der Waals surface area contributed by atoms with Gasteiger partial charge in [0, 0.05) is 30.2 Å². The van der Waals surface area contributed by atoms with E-state index in [2.05, 4.69) is 25.3 Å². The molecule has 24 heavy (non-hydrogen) atoms. The standard InChI is InChI=1S/C15H17F3N4OS/c1-10-7-20-13(24-10)9-22-14(19-2)21-8-11-5-3-4-6-12(11)23-15(16,17)18/h3-7H,8-9H2,1-2H3,(H2,19,21,22). The van der Waals surface area contributed by atoms with Crippen LogP contribution in [-0.2, 0) is 13.1 Å². The summed E-state index contributed by atoms with van der Waals surface area (Å²) in [5.74, 6) is 0.230. The Labute approximate surface area is 141 Å². The van der Waals surface area contributed by atoms with E-state index in [1.807, 2.05) is 6.92 Å². The predicted octanol–water partition coefficient (Wildman–Crippen LogP) is 3.22. The molecule has 2 aromatic rings. The maximum absolute atomic E-state index is 12.4. The lowest BCUT2D eigenvalue weighted by Gasteiger charge is -2.15. The second-order valence-electron chi connectivity index (χ2n) is 4.80. The molecule has 0 amide bonds. The van der Waals surface area contributed by atoms with E-state index >= 15 is 0 Å². The highest BCUT2D eigenvalue weighted by molar-refractivity contribution is 7.11. The van der Waals surface area contributed by atoms with Crippen molar-refractivity contribution in [2.24, 2.45) is 4.99 Å². The minimum absolute atomic E-state index is 0.142. The Morgan fingerprint density at radius 2 is 1.96 bits per heavy atom. The van der Waals surface area contributed by atoms with Gasteiger partial charge in [-0.15, -0.1) is 24.5 Å². The zero-order chi connectivity index (χ0) is 17.6. The average Bonchev–Trinajstić information content (AvgIpc) is 2.93. The molecule has 9 heteroatoms. The fourth-order valence-electron chi connectivity index (χ4n) is 1.92. The van der Waals surface area contributed by atoms with Crippen LogP contribution in [0.3, 0.4) is 0 Å². The Bertz CT molecular complexity index is 700. The molecular weight excluding hydrogens is 341 g/mol. The molecule has 2 N–H and O–H groups in total. The number of aryl methyl sites for hydroxylation is 1. The molecule has 0 spiro atoms. The molecule has 1 heterocycles. The Morgan fingerprint density at radius 1 is 1.25 bits per heavy atom. The van der Waals surface area contributed by atoms with E-state index in [4.69, 9.17) is 0 Å². The van der Waals surface area contributed by atoms with Crippen molar-refractivity contribution in [2.45, 2.75) is 26.4 Å². The first kappa shape index (κ1) is 18.1. The van der Waals surface area contributed by atoms with Crippen LogP contribution in [-0.4, -0.2) is 24.4 Å². The van der Waals surface area contributed by atoms with Crippen LogP contribution in [0.4, 0.5) is 13.2 Å². The Balaban J connectivity index is 1.93. The molecule has 1 aromatic carbocycles. The summed E-state index contributed by atoms with van der Waals surface area (Å²) in [6.07, 6.45) is -2.94. The Morgan fingerprint density at radius 3 is 2.58 bits per heavy atom. The normalized spacial score (nSPS) is 12.1. The van der Waals surface area contributed by atoms with Gasteiger partial charge in [0.25, 0.3) is 0 Å². The molecule has 130 valence electrons. The van der Waals surface area contributed by atoms with Crippen LogP contribution >= 0.6 is 11.3 Å². The van der Waals surface area contributed by atoms with Crippen LogP contribution < -0.4 is 15.4 Å². The summed E-state index contributed by atoms with van der Waals surface area (Å²) in [6.45, 7) is 2.59. The van der Waals surface area contributed by atoms with Gasteiger partial charge in [-0.2, -0.15) is 0 Å². The number of para-hydroxylation sites is 1. The summed E-state index contributed by atoms with van der Waals surface area (Å²) in [6, 6.07) is 5.97. The number of hydrogen-bond acceptors (Lipinski definition) is 4. The number of guanidine groups is 1. The van der Waals surface area contributed by atoms with Crippen molar-refractivity contribution in [1.82, 2.24) is 15.6 Å². The van der Waals surface area contributed by atoms with Crippen LogP contribution in [0.2, 0.25) is 0 Å². The van der Waals surface area contributed by atoms with Crippen LogP contribution in [0.1, 0.15) is 15.4 Å². The molecule has 0 atom stereocenters. The third kappa shape index (κ3) is 5.73. The number of rotatable bonds is 5. The van der Waals surface area contributed by atoms with Crippen molar-refractivity contribution in [3.05, 3.63) is 45.9 Å². The molecule has 0 aliphatic carbocycles. The predicted molar refractivity (Wildman–Crippen MR) is 87.0 cm³/mol. The van der Waals surface area contributed by atoms with Crippen molar-refractivity contribution in [3.63, 3.8) is 0 Å². The largest absolute Gasteiger partial charge is 0.573 e. The van der Waals surface area contributed by atoms with E-state index in [1.165, 1.54) is 12.1 Å². The first-order valence-electron chi connectivity index (χ1n) is 7.07. The number of hydrogen-bond donors (Lipinski definition) is 2. The van der Waals surface area contributed by atoms with Crippen molar-refractivity contribution < 1.29 is 17.9 Å². The number of aromatic nitrogens is 1. The van der Waals surface area contributed by atoms with E-state index in [0.29, 0.717) is 18.1 Å². The van der Waals surface area contributed by atoms with E-state index < -0.39 is 6.36 Å². The Kier molecular flexibility index (Phi) is 6.02. The van der Waals surface area contributed by atoms with Gasteiger partial charge in [-0.1, -0.05) is 18.2 Å². The van der Waals surface area contributed by atoms with E-state index in [1.54, 1.807) is 36.7 Å². The number of aliphatic imine (C=N–C) groups is 1. The number of nitrogens with one attached hydrogen (secondary N) is 2.